The van der Waals surface area contributed by atoms with E-state index in [-0.39, 0.29) is 23.4 Å². The number of Topliss-reactive ketones (excluding diaryl/α,β-unsaturated/α-hetero) is 1. The highest BCUT2D eigenvalue weighted by Crippen LogP contribution is 2.27. The average Bonchev–Trinajstić information content (AvgIpc) is 2.72. The van der Waals surface area contributed by atoms with Gasteiger partial charge in [0.1, 0.15) is 11.6 Å². The number of aromatic nitrogens is 2. The van der Waals surface area contributed by atoms with Crippen LogP contribution in [0.2, 0.25) is 0 Å². The second-order valence-corrected chi connectivity index (χ2v) is 8.39. The molecule has 180 valence electrons. The number of aliphatic hydroxyl groups is 1. The Morgan fingerprint density at radius 3 is 2.32 bits per heavy atom. The van der Waals surface area contributed by atoms with Gasteiger partial charge in [-0.25, -0.2) is 4.39 Å². The number of alkyl halides is 3. The minimum absolute atomic E-state index is 0.0634. The van der Waals surface area contributed by atoms with E-state index in [1.165, 1.54) is 36.4 Å². The van der Waals surface area contributed by atoms with Crippen LogP contribution in [0.5, 0.6) is 5.75 Å². The zero-order valence-corrected chi connectivity index (χ0v) is 18.6. The first-order valence-corrected chi connectivity index (χ1v) is 10.3. The van der Waals surface area contributed by atoms with Crippen molar-refractivity contribution < 1.29 is 32.2 Å². The van der Waals surface area contributed by atoms with Crippen molar-refractivity contribution in [1.82, 2.24) is 9.78 Å². The number of rotatable bonds is 7. The maximum Gasteiger partial charge on any atom is 0.573 e. The molecule has 1 N–H and O–H groups in total. The van der Waals surface area contributed by atoms with Crippen molar-refractivity contribution in [1.29, 1.82) is 0 Å². The van der Waals surface area contributed by atoms with Gasteiger partial charge in [-0.05, 0) is 68.3 Å². The van der Waals surface area contributed by atoms with Crippen LogP contribution in [0.1, 0.15) is 37.6 Å². The summed E-state index contributed by atoms with van der Waals surface area (Å²) in [6.45, 7) is 4.74. The Morgan fingerprint density at radius 2 is 1.76 bits per heavy atom. The molecule has 34 heavy (non-hydrogen) atoms. The third-order valence-electron chi connectivity index (χ3n) is 5.35. The zero-order chi connectivity index (χ0) is 25.3. The molecule has 3 rings (SSSR count). The summed E-state index contributed by atoms with van der Waals surface area (Å²) in [7, 11) is 0. The molecule has 0 saturated heterocycles. The molecule has 0 saturated carbocycles. The van der Waals surface area contributed by atoms with Crippen LogP contribution in [0.25, 0.3) is 16.9 Å². The first-order chi connectivity index (χ1) is 15.7. The maximum atomic E-state index is 13.8. The van der Waals surface area contributed by atoms with E-state index in [1.54, 1.807) is 20.8 Å². The topological polar surface area (TPSA) is 81.4 Å². The number of carbonyl (C=O) groups is 1. The van der Waals surface area contributed by atoms with E-state index in [4.69, 9.17) is 0 Å². The Bertz CT molecular complexity index is 1250. The molecule has 0 aliphatic heterocycles. The van der Waals surface area contributed by atoms with E-state index in [0.717, 1.165) is 22.9 Å². The van der Waals surface area contributed by atoms with E-state index >= 15 is 0 Å². The summed E-state index contributed by atoms with van der Waals surface area (Å²) >= 11 is 0. The van der Waals surface area contributed by atoms with Crippen LogP contribution in [0.3, 0.4) is 0 Å². The lowest BCUT2D eigenvalue weighted by atomic mass is 9.87. The highest BCUT2D eigenvalue weighted by atomic mass is 19.4. The van der Waals surface area contributed by atoms with Gasteiger partial charge < -0.3 is 9.84 Å². The number of nitrogens with zero attached hydrogens (tertiary/aromatic N) is 2. The van der Waals surface area contributed by atoms with E-state index < -0.39 is 40.8 Å². The highest BCUT2D eigenvalue weighted by Gasteiger charge is 2.31. The summed E-state index contributed by atoms with van der Waals surface area (Å²) in [5, 5.41) is 14.4. The molecular formula is C24H22F4N2O4. The molecular weight excluding hydrogens is 456 g/mol. The fourth-order valence-electron chi connectivity index (χ4n) is 3.08. The summed E-state index contributed by atoms with van der Waals surface area (Å²) in [6, 6.07) is 11.0. The average molecular weight is 478 g/mol. The van der Waals surface area contributed by atoms with E-state index in [0.29, 0.717) is 5.56 Å². The molecule has 10 heteroatoms. The van der Waals surface area contributed by atoms with Crippen LogP contribution in [0, 0.1) is 11.7 Å². The molecule has 2 aromatic carbocycles. The van der Waals surface area contributed by atoms with Gasteiger partial charge in [-0.15, -0.1) is 13.2 Å². The monoisotopic (exact) mass is 478 g/mol. The molecule has 0 aliphatic carbocycles. The second kappa shape index (κ2) is 9.38. The lowest BCUT2D eigenvalue weighted by Crippen LogP contribution is -2.33. The quantitative estimate of drug-likeness (QED) is 0.385. The molecule has 1 atom stereocenters. The molecule has 6 nitrogen and oxygen atoms in total. The number of benzene rings is 2. The fraction of sp³-hybridized carbons (Fsp3) is 0.292. The van der Waals surface area contributed by atoms with Gasteiger partial charge in [0.05, 0.1) is 22.5 Å². The molecule has 3 aromatic rings. The Kier molecular flexibility index (Phi) is 6.92. The molecule has 0 bridgehead atoms. The van der Waals surface area contributed by atoms with Gasteiger partial charge in [0.2, 0.25) is 0 Å². The fourth-order valence-corrected chi connectivity index (χ4v) is 3.08. The van der Waals surface area contributed by atoms with Crippen molar-refractivity contribution in [2.45, 2.75) is 39.2 Å². The number of carbonyl (C=O) groups excluding carboxylic acids is 1. The Hall–Kier alpha value is -3.53. The van der Waals surface area contributed by atoms with Crippen LogP contribution in [0.15, 0.2) is 59.4 Å². The molecule has 0 unspecified atom stereocenters. The molecule has 0 radical (unpaired) electrons. The van der Waals surface area contributed by atoms with Crippen LogP contribution >= 0.6 is 0 Å². The predicted molar refractivity (Wildman–Crippen MR) is 116 cm³/mol. The molecule has 0 amide bonds. The number of halogens is 4. The summed E-state index contributed by atoms with van der Waals surface area (Å²) in [5.74, 6) is -2.14. The first-order valence-electron chi connectivity index (χ1n) is 10.3. The van der Waals surface area contributed by atoms with Gasteiger partial charge in [0.15, 0.2) is 5.78 Å². The van der Waals surface area contributed by atoms with Crippen molar-refractivity contribution in [3.63, 3.8) is 0 Å². The number of hydrogen-bond donors (Lipinski definition) is 1. The van der Waals surface area contributed by atoms with Gasteiger partial charge in [-0.1, -0.05) is 13.0 Å². The Balaban J connectivity index is 2.11. The number of ketones is 1. The lowest BCUT2D eigenvalue weighted by Gasteiger charge is -2.25. The van der Waals surface area contributed by atoms with E-state index in [2.05, 4.69) is 9.84 Å². The minimum atomic E-state index is -4.86. The SMILES string of the molecule is C[C@@H](CC(=O)c1cc(-c2ccc(OC(F)(F)F)cc2)nn(-c2cccc(F)c2)c1=O)C(C)(C)O. The van der Waals surface area contributed by atoms with E-state index in [1.807, 2.05) is 0 Å². The zero-order valence-electron chi connectivity index (χ0n) is 18.6. The van der Waals surface area contributed by atoms with Crippen molar-refractivity contribution in [2.75, 3.05) is 0 Å². The molecule has 1 aromatic heterocycles. The van der Waals surface area contributed by atoms with Crippen LogP contribution in [-0.4, -0.2) is 32.6 Å². The standard InChI is InChI=1S/C24H22F4N2O4/c1-14(23(2,3)33)11-21(31)19-13-20(15-7-9-18(10-8-15)34-24(26,27)28)29-30(22(19)32)17-6-4-5-16(25)12-17/h4-10,12-14,33H,11H2,1-3H3/t14-/m0/s1. The molecule has 0 spiro atoms. The van der Waals surface area contributed by atoms with Crippen molar-refractivity contribution >= 4 is 5.78 Å². The predicted octanol–water partition coefficient (Wildman–Crippen LogP) is 4.92. The van der Waals surface area contributed by atoms with Gasteiger partial charge in [0.25, 0.3) is 5.56 Å². The number of hydrogen-bond acceptors (Lipinski definition) is 5. The molecule has 0 aliphatic rings. The largest absolute Gasteiger partial charge is 0.573 e. The van der Waals surface area contributed by atoms with E-state index in [9.17, 15) is 32.3 Å². The Morgan fingerprint density at radius 1 is 1.12 bits per heavy atom. The summed E-state index contributed by atoms with van der Waals surface area (Å²) in [6.07, 6.45) is -5.01. The van der Waals surface area contributed by atoms with Gasteiger partial charge >= 0.3 is 6.36 Å². The third-order valence-corrected chi connectivity index (χ3v) is 5.35. The normalized spacial score (nSPS) is 12.9. The molecule has 1 heterocycles. The van der Waals surface area contributed by atoms with Gasteiger partial charge in [-0.2, -0.15) is 9.78 Å². The first kappa shape index (κ1) is 25.1. The van der Waals surface area contributed by atoms with Crippen molar-refractivity contribution in [3.05, 3.63) is 76.3 Å². The smallest absolute Gasteiger partial charge is 0.406 e. The van der Waals surface area contributed by atoms with Crippen molar-refractivity contribution in [2.24, 2.45) is 5.92 Å². The van der Waals surface area contributed by atoms with Gasteiger partial charge in [0, 0.05) is 12.0 Å². The summed E-state index contributed by atoms with van der Waals surface area (Å²) < 4.78 is 55.9. The van der Waals surface area contributed by atoms with Crippen LogP contribution in [0.4, 0.5) is 17.6 Å². The summed E-state index contributed by atoms with van der Waals surface area (Å²) in [5.41, 5.74) is -1.76. The minimum Gasteiger partial charge on any atom is -0.406 e. The second-order valence-electron chi connectivity index (χ2n) is 8.39. The van der Waals surface area contributed by atoms with Crippen LogP contribution < -0.4 is 10.3 Å². The third kappa shape index (κ3) is 6.07. The molecule has 0 fully saturated rings. The summed E-state index contributed by atoms with van der Waals surface area (Å²) in [4.78, 5) is 26.1. The highest BCUT2D eigenvalue weighted by molar-refractivity contribution is 5.96. The number of ether oxygens (including phenoxy) is 1. The van der Waals surface area contributed by atoms with Crippen molar-refractivity contribution in [3.8, 4) is 22.7 Å². The lowest BCUT2D eigenvalue weighted by molar-refractivity contribution is -0.274. The maximum absolute atomic E-state index is 13.8. The Labute approximate surface area is 192 Å². The van der Waals surface area contributed by atoms with Gasteiger partial charge in [-0.3, -0.25) is 9.59 Å². The van der Waals surface area contributed by atoms with Crippen LogP contribution in [-0.2, 0) is 0 Å².